The Kier molecular flexibility index (Phi) is 2.11. The van der Waals surface area contributed by atoms with E-state index in [4.69, 9.17) is 1.37 Å². The SMILES string of the molecule is [2H]C1(c2ccccc2)CCc2ccccc2N1. The fraction of sp³-hybridized carbons (Fsp3) is 0.200. The lowest BCUT2D eigenvalue weighted by molar-refractivity contribution is 0.668. The molecule has 1 heterocycles. The molecule has 1 atom stereocenters. The molecule has 1 N–H and O–H groups in total. The Morgan fingerprint density at radius 3 is 2.62 bits per heavy atom. The minimum atomic E-state index is -0.685. The van der Waals surface area contributed by atoms with Crippen LogP contribution < -0.4 is 5.32 Å². The topological polar surface area (TPSA) is 12.0 Å². The summed E-state index contributed by atoms with van der Waals surface area (Å²) in [4.78, 5) is 0. The summed E-state index contributed by atoms with van der Waals surface area (Å²) in [6.45, 7) is 0. The van der Waals surface area contributed by atoms with Crippen molar-refractivity contribution in [3.05, 3.63) is 65.7 Å². The molecule has 3 rings (SSSR count). The highest BCUT2D eigenvalue weighted by atomic mass is 14.9. The Morgan fingerprint density at radius 1 is 1.00 bits per heavy atom. The van der Waals surface area contributed by atoms with E-state index in [0.717, 1.165) is 24.1 Å². The molecule has 1 nitrogen and oxygen atoms in total. The average molecular weight is 210 g/mol. The van der Waals surface area contributed by atoms with Crippen LogP contribution in [-0.2, 0) is 6.42 Å². The summed E-state index contributed by atoms with van der Waals surface area (Å²) in [7, 11) is 0. The van der Waals surface area contributed by atoms with Gasteiger partial charge >= 0.3 is 0 Å². The Hall–Kier alpha value is -1.76. The Balaban J connectivity index is 1.98. The molecule has 0 aromatic heterocycles. The van der Waals surface area contributed by atoms with E-state index in [0.29, 0.717) is 0 Å². The maximum Gasteiger partial charge on any atom is 0.0579 e. The van der Waals surface area contributed by atoms with Gasteiger partial charge in [0.05, 0.1) is 7.39 Å². The second-order valence-electron chi connectivity index (χ2n) is 4.13. The fourth-order valence-electron chi connectivity index (χ4n) is 2.20. The number of hydrogen-bond donors (Lipinski definition) is 1. The first-order valence-electron chi connectivity index (χ1n) is 6.20. The van der Waals surface area contributed by atoms with E-state index < -0.39 is 6.02 Å². The minimum Gasteiger partial charge on any atom is -0.378 e. The van der Waals surface area contributed by atoms with Crippen LogP contribution in [0.3, 0.4) is 0 Å². The first kappa shape index (κ1) is 8.40. The van der Waals surface area contributed by atoms with E-state index in [9.17, 15) is 0 Å². The fourth-order valence-corrected chi connectivity index (χ4v) is 2.20. The van der Waals surface area contributed by atoms with Gasteiger partial charge in [0, 0.05) is 5.69 Å². The number of anilines is 1. The van der Waals surface area contributed by atoms with E-state index in [1.807, 2.05) is 36.4 Å². The van der Waals surface area contributed by atoms with Crippen molar-refractivity contribution in [3.8, 4) is 0 Å². The lowest BCUT2D eigenvalue weighted by atomic mass is 9.94. The third kappa shape index (κ3) is 1.69. The van der Waals surface area contributed by atoms with Gasteiger partial charge in [-0.2, -0.15) is 0 Å². The summed E-state index contributed by atoms with van der Waals surface area (Å²) in [5, 5.41) is 3.36. The van der Waals surface area contributed by atoms with Crippen LogP contribution in [0.2, 0.25) is 0 Å². The van der Waals surface area contributed by atoms with Crippen molar-refractivity contribution in [2.45, 2.75) is 18.9 Å². The van der Waals surface area contributed by atoms with Crippen LogP contribution in [0.1, 0.15) is 24.9 Å². The van der Waals surface area contributed by atoms with E-state index in [-0.39, 0.29) is 0 Å². The molecule has 1 aliphatic heterocycles. The van der Waals surface area contributed by atoms with Crippen LogP contribution in [0.5, 0.6) is 0 Å². The first-order valence-corrected chi connectivity index (χ1v) is 5.70. The quantitative estimate of drug-likeness (QED) is 0.755. The Labute approximate surface area is 97.5 Å². The van der Waals surface area contributed by atoms with Gasteiger partial charge in [-0.25, -0.2) is 0 Å². The molecule has 0 saturated heterocycles. The Bertz CT molecular complexity index is 523. The highest BCUT2D eigenvalue weighted by molar-refractivity contribution is 5.54. The van der Waals surface area contributed by atoms with E-state index in [1.54, 1.807) is 0 Å². The molecule has 0 saturated carbocycles. The van der Waals surface area contributed by atoms with Crippen molar-refractivity contribution in [1.29, 1.82) is 0 Å². The summed E-state index contributed by atoms with van der Waals surface area (Å²) in [6, 6.07) is 17.6. The molecule has 0 aliphatic carbocycles. The van der Waals surface area contributed by atoms with E-state index in [1.165, 1.54) is 5.56 Å². The third-order valence-corrected chi connectivity index (χ3v) is 3.07. The summed E-state index contributed by atoms with van der Waals surface area (Å²) in [5.74, 6) is 0. The number of benzene rings is 2. The van der Waals surface area contributed by atoms with Gasteiger partial charge in [-0.3, -0.25) is 0 Å². The van der Waals surface area contributed by atoms with Crippen LogP contribution in [0.4, 0.5) is 5.69 Å². The maximum absolute atomic E-state index is 8.58. The van der Waals surface area contributed by atoms with Gasteiger partial charge < -0.3 is 5.32 Å². The van der Waals surface area contributed by atoms with Gasteiger partial charge in [0.1, 0.15) is 0 Å². The van der Waals surface area contributed by atoms with E-state index >= 15 is 0 Å². The molecule has 0 radical (unpaired) electrons. The van der Waals surface area contributed by atoms with Crippen LogP contribution in [0.25, 0.3) is 0 Å². The number of rotatable bonds is 1. The van der Waals surface area contributed by atoms with Crippen molar-refractivity contribution < 1.29 is 1.37 Å². The molecule has 2 aromatic carbocycles. The highest BCUT2D eigenvalue weighted by Gasteiger charge is 2.17. The van der Waals surface area contributed by atoms with Crippen LogP contribution in [0.15, 0.2) is 54.6 Å². The molecule has 0 spiro atoms. The van der Waals surface area contributed by atoms with Crippen LogP contribution in [-0.4, -0.2) is 0 Å². The molecule has 0 amide bonds. The van der Waals surface area contributed by atoms with Gasteiger partial charge in [0.25, 0.3) is 0 Å². The molecule has 0 fully saturated rings. The number of aryl methyl sites for hydroxylation is 1. The van der Waals surface area contributed by atoms with Gasteiger partial charge in [-0.1, -0.05) is 48.5 Å². The lowest BCUT2D eigenvalue weighted by Crippen LogP contribution is -2.17. The summed E-state index contributed by atoms with van der Waals surface area (Å²) < 4.78 is 8.58. The zero-order valence-corrected chi connectivity index (χ0v) is 9.11. The van der Waals surface area contributed by atoms with Crippen molar-refractivity contribution in [2.24, 2.45) is 0 Å². The third-order valence-electron chi connectivity index (χ3n) is 3.07. The summed E-state index contributed by atoms with van der Waals surface area (Å²) >= 11 is 0. The predicted octanol–water partition coefficient (Wildman–Crippen LogP) is 3.79. The zero-order valence-electron chi connectivity index (χ0n) is 10.1. The van der Waals surface area contributed by atoms with E-state index in [2.05, 4.69) is 23.5 Å². The first-order chi connectivity index (χ1) is 8.28. The summed E-state index contributed by atoms with van der Waals surface area (Å²) in [5.41, 5.74) is 3.44. The van der Waals surface area contributed by atoms with Crippen molar-refractivity contribution in [3.63, 3.8) is 0 Å². The highest BCUT2D eigenvalue weighted by Crippen LogP contribution is 2.31. The van der Waals surface area contributed by atoms with Gasteiger partial charge in [-0.05, 0) is 30.0 Å². The minimum absolute atomic E-state index is 0.685. The van der Waals surface area contributed by atoms with Crippen LogP contribution >= 0.6 is 0 Å². The smallest absolute Gasteiger partial charge is 0.0579 e. The maximum atomic E-state index is 8.58. The molecular formula is C15H15N. The van der Waals surface area contributed by atoms with Crippen molar-refractivity contribution in [1.82, 2.24) is 0 Å². The second kappa shape index (κ2) is 4.01. The second-order valence-corrected chi connectivity index (χ2v) is 4.13. The largest absolute Gasteiger partial charge is 0.378 e. The molecular weight excluding hydrogens is 194 g/mol. The standard InChI is InChI=1S/C15H15N/c1-2-6-12(7-3-1)15-11-10-13-8-4-5-9-14(13)16-15/h1-9,15-16H,10-11H2/i15D. The Morgan fingerprint density at radius 2 is 1.75 bits per heavy atom. The van der Waals surface area contributed by atoms with Crippen molar-refractivity contribution >= 4 is 5.69 Å². The molecule has 80 valence electrons. The number of fused-ring (bicyclic) bond motifs is 1. The monoisotopic (exact) mass is 210 g/mol. The molecule has 1 heteroatoms. The number of para-hydroxylation sites is 1. The average Bonchev–Trinajstić information content (AvgIpc) is 2.40. The molecule has 0 bridgehead atoms. The predicted molar refractivity (Wildman–Crippen MR) is 67.6 cm³/mol. The number of nitrogens with one attached hydrogen (secondary N) is 1. The molecule has 2 aromatic rings. The van der Waals surface area contributed by atoms with Crippen molar-refractivity contribution in [2.75, 3.05) is 5.32 Å². The molecule has 16 heavy (non-hydrogen) atoms. The van der Waals surface area contributed by atoms with Gasteiger partial charge in [0.2, 0.25) is 0 Å². The lowest BCUT2D eigenvalue weighted by Gasteiger charge is -2.27. The van der Waals surface area contributed by atoms with Crippen LogP contribution in [0, 0.1) is 0 Å². The number of hydrogen-bond acceptors (Lipinski definition) is 1. The van der Waals surface area contributed by atoms with Gasteiger partial charge in [-0.15, -0.1) is 0 Å². The summed E-state index contributed by atoms with van der Waals surface area (Å²) in [6.07, 6.45) is 1.77. The normalized spacial score (nSPS) is 24.1. The molecule has 1 aliphatic rings. The zero-order chi connectivity index (χ0) is 11.7. The van der Waals surface area contributed by atoms with Gasteiger partial charge in [0.15, 0.2) is 0 Å². The molecule has 1 unspecified atom stereocenters.